The third-order valence-electron chi connectivity index (χ3n) is 5.36. The second-order valence-electron chi connectivity index (χ2n) is 7.73. The van der Waals surface area contributed by atoms with Crippen LogP contribution in [0.3, 0.4) is 0 Å². The van der Waals surface area contributed by atoms with Crippen molar-refractivity contribution in [2.45, 2.75) is 24.7 Å². The fourth-order valence-corrected chi connectivity index (χ4v) is 4.66. The van der Waals surface area contributed by atoms with Gasteiger partial charge in [0.1, 0.15) is 5.75 Å². The molecular formula is C22H26N2O5S. The van der Waals surface area contributed by atoms with Crippen molar-refractivity contribution in [1.82, 2.24) is 4.31 Å². The smallest absolute Gasteiger partial charge is 0.255 e. The number of carbonyl (C=O) groups is 1. The highest BCUT2D eigenvalue weighted by Crippen LogP contribution is 2.29. The minimum absolute atomic E-state index is 0.161. The molecular weight excluding hydrogens is 404 g/mol. The molecule has 0 atom stereocenters. The normalized spacial score (nSPS) is 17.5. The average molecular weight is 431 g/mol. The summed E-state index contributed by atoms with van der Waals surface area (Å²) in [5.74, 6) is 1.11. The lowest BCUT2D eigenvalue weighted by Gasteiger charge is -2.26. The first kappa shape index (κ1) is 20.8. The van der Waals surface area contributed by atoms with Gasteiger partial charge >= 0.3 is 0 Å². The molecule has 30 heavy (non-hydrogen) atoms. The zero-order chi connectivity index (χ0) is 21.1. The van der Waals surface area contributed by atoms with Crippen LogP contribution in [0.5, 0.6) is 5.75 Å². The monoisotopic (exact) mass is 430 g/mol. The van der Waals surface area contributed by atoms with Crippen molar-refractivity contribution < 1.29 is 22.7 Å². The summed E-state index contributed by atoms with van der Waals surface area (Å²) in [6.45, 7) is 3.97. The SMILES string of the molecule is Cc1ccc(S(=O)(=O)N2CCOCC2)cc1NC(=O)c1ccc(OCC2CC2)cc1. The van der Waals surface area contributed by atoms with Crippen molar-refractivity contribution >= 4 is 21.6 Å². The first-order chi connectivity index (χ1) is 14.4. The molecule has 1 saturated heterocycles. The van der Waals surface area contributed by atoms with E-state index >= 15 is 0 Å². The van der Waals surface area contributed by atoms with E-state index in [4.69, 9.17) is 9.47 Å². The topological polar surface area (TPSA) is 84.9 Å². The number of sulfonamides is 1. The Morgan fingerprint density at radius 3 is 2.50 bits per heavy atom. The Morgan fingerprint density at radius 1 is 1.13 bits per heavy atom. The Labute approximate surface area is 177 Å². The van der Waals surface area contributed by atoms with E-state index in [1.165, 1.54) is 23.2 Å². The number of aryl methyl sites for hydroxylation is 1. The maximum Gasteiger partial charge on any atom is 0.255 e. The molecule has 1 aliphatic carbocycles. The van der Waals surface area contributed by atoms with Crippen molar-refractivity contribution in [2.75, 3.05) is 38.2 Å². The largest absolute Gasteiger partial charge is 0.493 e. The maximum absolute atomic E-state index is 12.9. The van der Waals surface area contributed by atoms with Crippen molar-refractivity contribution in [2.24, 2.45) is 5.92 Å². The maximum atomic E-state index is 12.9. The third-order valence-corrected chi connectivity index (χ3v) is 7.26. The first-order valence-electron chi connectivity index (χ1n) is 10.2. The molecule has 1 saturated carbocycles. The molecule has 0 radical (unpaired) electrons. The molecule has 2 aromatic carbocycles. The Hall–Kier alpha value is -2.42. The highest BCUT2D eigenvalue weighted by molar-refractivity contribution is 7.89. The predicted octanol–water partition coefficient (Wildman–Crippen LogP) is 3.06. The number of amides is 1. The predicted molar refractivity (Wildman–Crippen MR) is 113 cm³/mol. The Kier molecular flexibility index (Phi) is 6.08. The van der Waals surface area contributed by atoms with Crippen LogP contribution < -0.4 is 10.1 Å². The summed E-state index contributed by atoms with van der Waals surface area (Å²) in [4.78, 5) is 12.8. The van der Waals surface area contributed by atoms with Crippen LogP contribution in [0.15, 0.2) is 47.4 Å². The van der Waals surface area contributed by atoms with Crippen molar-refractivity contribution in [3.8, 4) is 5.75 Å². The summed E-state index contributed by atoms with van der Waals surface area (Å²) in [5.41, 5.74) is 1.74. The Balaban J connectivity index is 1.46. The summed E-state index contributed by atoms with van der Waals surface area (Å²) in [7, 11) is -3.63. The number of benzene rings is 2. The molecule has 1 amide bonds. The molecule has 0 spiro atoms. The van der Waals surface area contributed by atoms with Gasteiger partial charge in [0.25, 0.3) is 5.91 Å². The fourth-order valence-electron chi connectivity index (χ4n) is 3.23. The van der Waals surface area contributed by atoms with Crippen LogP contribution in [0, 0.1) is 12.8 Å². The quantitative estimate of drug-likeness (QED) is 0.730. The minimum Gasteiger partial charge on any atom is -0.493 e. The highest BCUT2D eigenvalue weighted by Gasteiger charge is 2.27. The fraction of sp³-hybridized carbons (Fsp3) is 0.409. The molecule has 0 aromatic heterocycles. The van der Waals surface area contributed by atoms with Crippen LogP contribution in [0.25, 0.3) is 0 Å². The third kappa shape index (κ3) is 4.83. The van der Waals surface area contributed by atoms with Crippen molar-refractivity contribution in [3.05, 3.63) is 53.6 Å². The van der Waals surface area contributed by atoms with Crippen LogP contribution in [0.1, 0.15) is 28.8 Å². The lowest BCUT2D eigenvalue weighted by atomic mass is 10.1. The summed E-state index contributed by atoms with van der Waals surface area (Å²) in [6.07, 6.45) is 2.44. The number of nitrogens with zero attached hydrogens (tertiary/aromatic N) is 1. The van der Waals surface area contributed by atoms with E-state index in [1.54, 1.807) is 36.4 Å². The van der Waals surface area contributed by atoms with Gasteiger partial charge in [0.05, 0.1) is 24.7 Å². The number of anilines is 1. The molecule has 1 heterocycles. The van der Waals surface area contributed by atoms with Crippen molar-refractivity contribution in [1.29, 1.82) is 0 Å². The van der Waals surface area contributed by atoms with Gasteiger partial charge in [-0.3, -0.25) is 4.79 Å². The van der Waals surface area contributed by atoms with Crippen LogP contribution in [0.4, 0.5) is 5.69 Å². The molecule has 0 unspecified atom stereocenters. The molecule has 2 fully saturated rings. The van der Waals surface area contributed by atoms with E-state index in [0.717, 1.165) is 17.9 Å². The van der Waals surface area contributed by atoms with Gasteiger partial charge in [0, 0.05) is 24.3 Å². The van der Waals surface area contributed by atoms with Gasteiger partial charge in [0.15, 0.2) is 0 Å². The molecule has 0 bridgehead atoms. The number of hydrogen-bond donors (Lipinski definition) is 1. The lowest BCUT2D eigenvalue weighted by molar-refractivity contribution is 0.0730. The zero-order valence-electron chi connectivity index (χ0n) is 17.0. The summed E-state index contributed by atoms with van der Waals surface area (Å²) >= 11 is 0. The van der Waals surface area contributed by atoms with Gasteiger partial charge in [-0.25, -0.2) is 8.42 Å². The lowest BCUT2D eigenvalue weighted by Crippen LogP contribution is -2.40. The summed E-state index contributed by atoms with van der Waals surface area (Å²) in [6, 6.07) is 11.8. The van der Waals surface area contributed by atoms with E-state index in [1.807, 2.05) is 6.92 Å². The van der Waals surface area contributed by atoms with Crippen LogP contribution in [-0.2, 0) is 14.8 Å². The van der Waals surface area contributed by atoms with Gasteiger partial charge in [-0.1, -0.05) is 6.07 Å². The molecule has 4 rings (SSSR count). The van der Waals surface area contributed by atoms with Gasteiger partial charge in [-0.2, -0.15) is 4.31 Å². The molecule has 1 aliphatic heterocycles. The van der Waals surface area contributed by atoms with Gasteiger partial charge in [0.2, 0.25) is 10.0 Å². The molecule has 2 aliphatic rings. The van der Waals surface area contributed by atoms with Crippen LogP contribution in [0.2, 0.25) is 0 Å². The van der Waals surface area contributed by atoms with E-state index in [2.05, 4.69) is 5.32 Å². The van der Waals surface area contributed by atoms with Crippen LogP contribution in [-0.4, -0.2) is 51.5 Å². The van der Waals surface area contributed by atoms with Crippen LogP contribution >= 0.6 is 0 Å². The number of nitrogens with one attached hydrogen (secondary N) is 1. The van der Waals surface area contributed by atoms with Gasteiger partial charge < -0.3 is 14.8 Å². The Morgan fingerprint density at radius 2 is 1.83 bits per heavy atom. The molecule has 1 N–H and O–H groups in total. The number of morpholine rings is 1. The highest BCUT2D eigenvalue weighted by atomic mass is 32.2. The van der Waals surface area contributed by atoms with E-state index in [0.29, 0.717) is 43.5 Å². The number of hydrogen-bond acceptors (Lipinski definition) is 5. The second-order valence-corrected chi connectivity index (χ2v) is 9.66. The molecule has 160 valence electrons. The van der Waals surface area contributed by atoms with E-state index in [-0.39, 0.29) is 10.8 Å². The summed E-state index contributed by atoms with van der Waals surface area (Å²) in [5, 5.41) is 2.83. The number of rotatable bonds is 7. The first-order valence-corrected chi connectivity index (χ1v) is 11.6. The Bertz CT molecular complexity index is 1010. The zero-order valence-corrected chi connectivity index (χ0v) is 17.8. The number of ether oxygens (including phenoxy) is 2. The van der Waals surface area contributed by atoms with Gasteiger partial charge in [-0.05, 0) is 67.6 Å². The standard InChI is InChI=1S/C22H26N2O5S/c1-16-2-9-20(30(26,27)24-10-12-28-13-11-24)14-21(16)23-22(25)18-5-7-19(8-6-18)29-15-17-3-4-17/h2,5-9,14,17H,3-4,10-13,15H2,1H3,(H,23,25). The van der Waals surface area contributed by atoms with Gasteiger partial charge in [-0.15, -0.1) is 0 Å². The molecule has 8 heteroatoms. The second kappa shape index (κ2) is 8.75. The molecule has 2 aromatic rings. The molecule has 7 nitrogen and oxygen atoms in total. The summed E-state index contributed by atoms with van der Waals surface area (Å²) < 4.78 is 38.2. The average Bonchev–Trinajstić information content (AvgIpc) is 3.59. The van der Waals surface area contributed by atoms with E-state index < -0.39 is 10.0 Å². The minimum atomic E-state index is -3.63. The van der Waals surface area contributed by atoms with Crippen molar-refractivity contribution in [3.63, 3.8) is 0 Å². The van der Waals surface area contributed by atoms with E-state index in [9.17, 15) is 13.2 Å². The number of carbonyl (C=O) groups excluding carboxylic acids is 1.